The minimum Gasteiger partial charge on any atom is -0.395 e. The van der Waals surface area contributed by atoms with E-state index in [1.165, 1.54) is 6.07 Å². The van der Waals surface area contributed by atoms with Crippen molar-refractivity contribution in [2.75, 3.05) is 12.4 Å². The standard InChI is InChI=1S/C8H8BrNO5S/c9-6-1-2-8(7(5-6)10(12)13)16(14,15)4-3-11/h1-2,5,11H,3-4H2. The van der Waals surface area contributed by atoms with Gasteiger partial charge in [0.2, 0.25) is 0 Å². The first-order chi connectivity index (χ1) is 7.38. The van der Waals surface area contributed by atoms with Crippen molar-refractivity contribution < 1.29 is 18.4 Å². The fourth-order valence-electron chi connectivity index (χ4n) is 1.13. The maximum absolute atomic E-state index is 11.6. The van der Waals surface area contributed by atoms with Crippen LogP contribution in [-0.4, -0.2) is 30.8 Å². The van der Waals surface area contributed by atoms with Crippen molar-refractivity contribution in [3.8, 4) is 0 Å². The van der Waals surface area contributed by atoms with Crippen molar-refractivity contribution in [2.24, 2.45) is 0 Å². The van der Waals surface area contributed by atoms with Gasteiger partial charge in [-0.15, -0.1) is 0 Å². The second-order valence-electron chi connectivity index (χ2n) is 2.91. The first kappa shape index (κ1) is 13.1. The van der Waals surface area contributed by atoms with Crippen LogP contribution in [0, 0.1) is 10.1 Å². The van der Waals surface area contributed by atoms with Crippen LogP contribution in [-0.2, 0) is 9.84 Å². The Morgan fingerprint density at radius 2 is 2.06 bits per heavy atom. The van der Waals surface area contributed by atoms with Crippen LogP contribution in [0.25, 0.3) is 0 Å². The van der Waals surface area contributed by atoms with Gasteiger partial charge in [-0.1, -0.05) is 15.9 Å². The van der Waals surface area contributed by atoms with Crippen LogP contribution in [0.1, 0.15) is 0 Å². The highest BCUT2D eigenvalue weighted by molar-refractivity contribution is 9.10. The zero-order valence-corrected chi connectivity index (χ0v) is 10.4. The Morgan fingerprint density at radius 3 is 2.56 bits per heavy atom. The summed E-state index contributed by atoms with van der Waals surface area (Å²) in [5.41, 5.74) is -0.497. The molecule has 0 heterocycles. The normalized spacial score (nSPS) is 11.4. The van der Waals surface area contributed by atoms with E-state index < -0.39 is 32.8 Å². The van der Waals surface area contributed by atoms with Gasteiger partial charge < -0.3 is 5.11 Å². The zero-order chi connectivity index (χ0) is 12.3. The second kappa shape index (κ2) is 4.89. The largest absolute Gasteiger partial charge is 0.395 e. The third kappa shape index (κ3) is 2.77. The number of rotatable bonds is 4. The summed E-state index contributed by atoms with van der Waals surface area (Å²) in [6.07, 6.45) is 0. The third-order valence-electron chi connectivity index (χ3n) is 1.81. The van der Waals surface area contributed by atoms with E-state index in [0.29, 0.717) is 4.47 Å². The lowest BCUT2D eigenvalue weighted by atomic mass is 10.3. The van der Waals surface area contributed by atoms with Crippen molar-refractivity contribution in [3.63, 3.8) is 0 Å². The first-order valence-electron chi connectivity index (χ1n) is 4.16. The van der Waals surface area contributed by atoms with Gasteiger partial charge in [-0.25, -0.2) is 8.42 Å². The number of hydrogen-bond donors (Lipinski definition) is 1. The molecule has 6 nitrogen and oxygen atoms in total. The number of benzene rings is 1. The molecule has 0 amide bonds. The Morgan fingerprint density at radius 1 is 1.44 bits per heavy atom. The quantitative estimate of drug-likeness (QED) is 0.664. The highest BCUT2D eigenvalue weighted by Crippen LogP contribution is 2.27. The molecule has 1 rings (SSSR count). The maximum atomic E-state index is 11.6. The summed E-state index contributed by atoms with van der Waals surface area (Å²) in [6, 6.07) is 3.66. The summed E-state index contributed by atoms with van der Waals surface area (Å²) in [6.45, 7) is -0.574. The van der Waals surface area contributed by atoms with E-state index in [9.17, 15) is 18.5 Å². The highest BCUT2D eigenvalue weighted by Gasteiger charge is 2.25. The van der Waals surface area contributed by atoms with E-state index in [4.69, 9.17) is 5.11 Å². The lowest BCUT2D eigenvalue weighted by Crippen LogP contribution is -2.12. The number of aliphatic hydroxyl groups is 1. The number of sulfone groups is 1. The molecule has 0 aliphatic carbocycles. The monoisotopic (exact) mass is 309 g/mol. The summed E-state index contributed by atoms with van der Waals surface area (Å²) in [5.74, 6) is -0.532. The molecule has 0 saturated heterocycles. The average Bonchev–Trinajstić information content (AvgIpc) is 2.16. The van der Waals surface area contributed by atoms with Crippen LogP contribution in [0.5, 0.6) is 0 Å². The topological polar surface area (TPSA) is 97.5 Å². The lowest BCUT2D eigenvalue weighted by Gasteiger charge is -2.03. The molecule has 1 N–H and O–H groups in total. The SMILES string of the molecule is O=[N+]([O-])c1cc(Br)ccc1S(=O)(=O)CCO. The van der Waals surface area contributed by atoms with Crippen LogP contribution in [0.2, 0.25) is 0 Å². The van der Waals surface area contributed by atoms with Crippen molar-refractivity contribution in [1.82, 2.24) is 0 Å². The number of nitro benzene ring substituents is 1. The molecule has 0 fully saturated rings. The predicted octanol–water partition coefficient (Wildman–Crippen LogP) is 1.12. The van der Waals surface area contributed by atoms with Gasteiger partial charge in [-0.05, 0) is 12.1 Å². The van der Waals surface area contributed by atoms with Gasteiger partial charge in [0.25, 0.3) is 5.69 Å². The summed E-state index contributed by atoms with van der Waals surface area (Å²) >= 11 is 3.02. The fraction of sp³-hybridized carbons (Fsp3) is 0.250. The van der Waals surface area contributed by atoms with Gasteiger partial charge in [0, 0.05) is 10.5 Å². The summed E-state index contributed by atoms with van der Waals surface area (Å²) in [7, 11) is -3.82. The van der Waals surface area contributed by atoms with E-state index in [2.05, 4.69) is 15.9 Å². The molecule has 88 valence electrons. The molecule has 0 aliphatic rings. The van der Waals surface area contributed by atoms with Gasteiger partial charge >= 0.3 is 0 Å². The van der Waals surface area contributed by atoms with Gasteiger partial charge in [-0.2, -0.15) is 0 Å². The van der Waals surface area contributed by atoms with Crippen molar-refractivity contribution in [1.29, 1.82) is 0 Å². The molecule has 0 radical (unpaired) electrons. The predicted molar refractivity (Wildman–Crippen MR) is 59.9 cm³/mol. The van der Waals surface area contributed by atoms with Gasteiger partial charge in [0.1, 0.15) is 4.90 Å². The molecule has 0 bridgehead atoms. The number of hydrogen-bond acceptors (Lipinski definition) is 5. The molecule has 0 atom stereocenters. The minimum absolute atomic E-state index is 0.380. The fourth-order valence-corrected chi connectivity index (χ4v) is 2.66. The van der Waals surface area contributed by atoms with Crippen LogP contribution in [0.4, 0.5) is 5.69 Å². The molecular formula is C8H8BrNO5S. The Labute approximate surface area is 100 Å². The average molecular weight is 310 g/mol. The molecule has 1 aromatic carbocycles. The molecule has 0 aliphatic heterocycles. The van der Waals surface area contributed by atoms with E-state index in [0.717, 1.165) is 12.1 Å². The van der Waals surface area contributed by atoms with E-state index in [-0.39, 0.29) is 4.90 Å². The van der Waals surface area contributed by atoms with Crippen LogP contribution < -0.4 is 0 Å². The number of nitrogens with zero attached hydrogens (tertiary/aromatic N) is 1. The Balaban J connectivity index is 3.39. The van der Waals surface area contributed by atoms with Crippen LogP contribution in [0.15, 0.2) is 27.6 Å². The molecule has 0 spiro atoms. The number of nitro groups is 1. The molecule has 0 unspecified atom stereocenters. The van der Waals surface area contributed by atoms with E-state index >= 15 is 0 Å². The van der Waals surface area contributed by atoms with E-state index in [1.54, 1.807) is 0 Å². The Hall–Kier alpha value is -0.990. The second-order valence-corrected chi connectivity index (χ2v) is 5.90. The summed E-state index contributed by atoms with van der Waals surface area (Å²) in [5, 5.41) is 19.3. The molecule has 0 aromatic heterocycles. The summed E-state index contributed by atoms with van der Waals surface area (Å²) < 4.78 is 23.6. The maximum Gasteiger partial charge on any atom is 0.289 e. The Kier molecular flexibility index (Phi) is 4.00. The smallest absolute Gasteiger partial charge is 0.289 e. The number of halogens is 1. The third-order valence-corrected chi connectivity index (χ3v) is 4.04. The lowest BCUT2D eigenvalue weighted by molar-refractivity contribution is -0.387. The van der Waals surface area contributed by atoms with Crippen molar-refractivity contribution in [3.05, 3.63) is 32.8 Å². The molecule has 8 heteroatoms. The first-order valence-corrected chi connectivity index (χ1v) is 6.60. The Bertz CT molecular complexity index is 513. The van der Waals surface area contributed by atoms with Crippen LogP contribution >= 0.6 is 15.9 Å². The van der Waals surface area contributed by atoms with Gasteiger partial charge in [0.15, 0.2) is 9.84 Å². The number of aliphatic hydroxyl groups excluding tert-OH is 1. The minimum atomic E-state index is -3.82. The van der Waals surface area contributed by atoms with E-state index in [1.807, 2.05) is 0 Å². The highest BCUT2D eigenvalue weighted by atomic mass is 79.9. The van der Waals surface area contributed by atoms with Crippen LogP contribution in [0.3, 0.4) is 0 Å². The van der Waals surface area contributed by atoms with Crippen molar-refractivity contribution >= 4 is 31.5 Å². The summed E-state index contributed by atoms with van der Waals surface area (Å²) in [4.78, 5) is 9.53. The molecule has 16 heavy (non-hydrogen) atoms. The molecule has 1 aromatic rings. The van der Waals surface area contributed by atoms with Gasteiger partial charge in [-0.3, -0.25) is 10.1 Å². The molecule has 0 saturated carbocycles. The van der Waals surface area contributed by atoms with Gasteiger partial charge in [0.05, 0.1) is 17.3 Å². The molecular weight excluding hydrogens is 302 g/mol. The van der Waals surface area contributed by atoms with Crippen molar-refractivity contribution in [2.45, 2.75) is 4.90 Å². The zero-order valence-electron chi connectivity index (χ0n) is 7.96.